The van der Waals surface area contributed by atoms with Crippen LogP contribution in [0, 0.1) is 52.3 Å². The number of allylic oxidation sites excluding steroid dienone is 2. The van der Waals surface area contributed by atoms with Crippen LogP contribution >= 0.6 is 21.6 Å². The highest BCUT2D eigenvalue weighted by molar-refractivity contribution is 8.76. The lowest BCUT2D eigenvalue weighted by atomic mass is 9.47. The lowest BCUT2D eigenvalue weighted by molar-refractivity contribution is -0.130. The molecule has 11 atom stereocenters. The fraction of sp³-hybridized carbons (Fsp3) is 0.933. The molecule has 6 heteroatoms. The third kappa shape index (κ3) is 11.7. The van der Waals surface area contributed by atoms with Crippen LogP contribution in [0.2, 0.25) is 0 Å². The molecule has 4 aliphatic carbocycles. The zero-order chi connectivity index (χ0) is 37.2. The van der Waals surface area contributed by atoms with E-state index in [1.807, 2.05) is 10.8 Å². The van der Waals surface area contributed by atoms with Gasteiger partial charge in [-0.25, -0.2) is 0 Å². The molecule has 4 N–H and O–H groups in total. The first kappa shape index (κ1) is 43.6. The fourth-order valence-electron chi connectivity index (χ4n) is 11.8. The first-order valence-corrected chi connectivity index (χ1v) is 24.4. The Kier molecular flexibility index (Phi) is 17.6. The van der Waals surface area contributed by atoms with Crippen LogP contribution in [-0.4, -0.2) is 47.0 Å². The van der Waals surface area contributed by atoms with Gasteiger partial charge in [0.2, 0.25) is 5.91 Å². The largest absolute Gasteiger partial charge is 0.343 e. The van der Waals surface area contributed by atoms with Gasteiger partial charge in [-0.05, 0) is 143 Å². The molecule has 0 radical (unpaired) electrons. The van der Waals surface area contributed by atoms with E-state index in [-0.39, 0.29) is 6.04 Å². The quantitative estimate of drug-likeness (QED) is 0.0656. The Hall–Kier alpha value is -0.170. The Morgan fingerprint density at radius 1 is 0.863 bits per heavy atom. The van der Waals surface area contributed by atoms with Crippen molar-refractivity contribution < 1.29 is 4.79 Å². The van der Waals surface area contributed by atoms with E-state index in [1.165, 1.54) is 96.3 Å². The second-order valence-electron chi connectivity index (χ2n) is 19.2. The van der Waals surface area contributed by atoms with Crippen LogP contribution in [0.3, 0.4) is 0 Å². The standard InChI is InChI=1S/C45H83N3OS2/c1-9-36(32(2)3)17-16-33(4)40-20-21-41-39-19-18-37-31-38(22-26-44(37,7)42(39)23-27-45(40,41)8)51-50-30-25-43(49)48(29-24-35(6)47)28-14-12-10-11-13-15-34(5)46/h18,32-36,38-42H,9-17,19-31,46-47H2,1-8H3/t33-,34?,35?,36-,38+,39+,40-,41+,42+,44+,45-/m1/s1. The van der Waals surface area contributed by atoms with E-state index in [1.54, 1.807) is 5.57 Å². The molecular weight excluding hydrogens is 663 g/mol. The molecule has 4 aliphatic rings. The van der Waals surface area contributed by atoms with E-state index in [4.69, 9.17) is 11.5 Å². The summed E-state index contributed by atoms with van der Waals surface area (Å²) in [6, 6.07) is 0.448. The number of carbonyl (C=O) groups excluding carboxylic acids is 1. The third-order valence-corrected chi connectivity index (χ3v) is 18.1. The molecule has 0 aliphatic heterocycles. The van der Waals surface area contributed by atoms with Crippen LogP contribution in [0.1, 0.15) is 177 Å². The average Bonchev–Trinajstić information content (AvgIpc) is 3.44. The van der Waals surface area contributed by atoms with Crippen molar-refractivity contribution in [3.05, 3.63) is 11.6 Å². The number of hydrogen-bond donors (Lipinski definition) is 2. The number of nitrogens with zero attached hydrogens (tertiary/aromatic N) is 1. The van der Waals surface area contributed by atoms with Gasteiger partial charge in [-0.15, -0.1) is 0 Å². The van der Waals surface area contributed by atoms with Crippen molar-refractivity contribution in [3.8, 4) is 0 Å². The number of amides is 1. The van der Waals surface area contributed by atoms with Gasteiger partial charge in [-0.3, -0.25) is 4.79 Å². The minimum atomic E-state index is 0.139. The molecule has 51 heavy (non-hydrogen) atoms. The van der Waals surface area contributed by atoms with E-state index < -0.39 is 0 Å². The summed E-state index contributed by atoms with van der Waals surface area (Å²) < 4.78 is 0. The summed E-state index contributed by atoms with van der Waals surface area (Å²) in [7, 11) is 4.05. The predicted octanol–water partition coefficient (Wildman–Crippen LogP) is 12.1. The zero-order valence-electron chi connectivity index (χ0n) is 34.7. The lowest BCUT2D eigenvalue weighted by Gasteiger charge is -2.58. The summed E-state index contributed by atoms with van der Waals surface area (Å²) in [5.74, 6) is 7.50. The molecule has 4 rings (SSSR count). The van der Waals surface area contributed by atoms with Crippen LogP contribution in [0.4, 0.5) is 0 Å². The van der Waals surface area contributed by atoms with Gasteiger partial charge >= 0.3 is 0 Å². The minimum absolute atomic E-state index is 0.139. The molecule has 0 aromatic carbocycles. The molecule has 4 nitrogen and oxygen atoms in total. The Balaban J connectivity index is 1.22. The van der Waals surface area contributed by atoms with Gasteiger partial charge in [0.05, 0.1) is 0 Å². The molecule has 1 amide bonds. The van der Waals surface area contributed by atoms with E-state index in [0.717, 1.165) is 79.5 Å². The predicted molar refractivity (Wildman–Crippen MR) is 227 cm³/mol. The normalized spacial score (nSPS) is 32.8. The number of carbonyl (C=O) groups is 1. The van der Waals surface area contributed by atoms with Gasteiger partial charge in [0, 0.05) is 42.6 Å². The monoisotopic (exact) mass is 746 g/mol. The van der Waals surface area contributed by atoms with E-state index in [9.17, 15) is 4.79 Å². The minimum Gasteiger partial charge on any atom is -0.343 e. The average molecular weight is 746 g/mol. The molecule has 0 aromatic rings. The number of fused-ring (bicyclic) bond motifs is 5. The lowest BCUT2D eigenvalue weighted by Crippen LogP contribution is -2.50. The van der Waals surface area contributed by atoms with Crippen molar-refractivity contribution in [2.24, 2.45) is 63.7 Å². The SMILES string of the molecule is CC[C@H](CC[C@@H](C)[C@H]1CC[C@H]2[C@@H]3CC=C4C[C@@H](SSCCC(=O)N(CCCCCCCC(C)N)CCC(C)N)CC[C@]4(C)[C@H]3CC[C@]12C)C(C)C. The summed E-state index contributed by atoms with van der Waals surface area (Å²) in [6.45, 7) is 21.1. The fourth-order valence-corrected chi connectivity index (χ4v) is 14.4. The van der Waals surface area contributed by atoms with E-state index in [2.05, 4.69) is 77.2 Å². The molecule has 296 valence electrons. The van der Waals surface area contributed by atoms with Gasteiger partial charge in [0.15, 0.2) is 0 Å². The van der Waals surface area contributed by atoms with Crippen molar-refractivity contribution in [1.82, 2.24) is 4.90 Å². The van der Waals surface area contributed by atoms with Gasteiger partial charge < -0.3 is 16.4 Å². The highest BCUT2D eigenvalue weighted by Gasteiger charge is 2.59. The smallest absolute Gasteiger partial charge is 0.223 e. The van der Waals surface area contributed by atoms with E-state index in [0.29, 0.717) is 34.4 Å². The Morgan fingerprint density at radius 3 is 2.29 bits per heavy atom. The van der Waals surface area contributed by atoms with E-state index >= 15 is 0 Å². The van der Waals surface area contributed by atoms with Crippen LogP contribution in [0.15, 0.2) is 11.6 Å². The molecule has 0 heterocycles. The van der Waals surface area contributed by atoms with Crippen LogP contribution in [-0.2, 0) is 4.79 Å². The van der Waals surface area contributed by atoms with Crippen molar-refractivity contribution in [3.63, 3.8) is 0 Å². The number of hydrogen-bond acceptors (Lipinski definition) is 5. The maximum absolute atomic E-state index is 13.3. The zero-order valence-corrected chi connectivity index (χ0v) is 36.4. The maximum atomic E-state index is 13.3. The number of rotatable bonds is 22. The number of unbranched alkanes of at least 4 members (excludes halogenated alkanes) is 4. The van der Waals surface area contributed by atoms with Gasteiger partial charge in [0.25, 0.3) is 0 Å². The Labute approximate surface area is 324 Å². The number of nitrogens with two attached hydrogens (primary N) is 2. The van der Waals surface area contributed by atoms with Crippen LogP contribution in [0.25, 0.3) is 0 Å². The summed E-state index contributed by atoms with van der Waals surface area (Å²) in [5, 5.41) is 0.695. The molecule has 0 bridgehead atoms. The maximum Gasteiger partial charge on any atom is 0.223 e. The second kappa shape index (κ2) is 20.7. The topological polar surface area (TPSA) is 72.3 Å². The van der Waals surface area contributed by atoms with Gasteiger partial charge in [-0.2, -0.15) is 0 Å². The second-order valence-corrected chi connectivity index (χ2v) is 22.0. The Morgan fingerprint density at radius 2 is 1.59 bits per heavy atom. The highest BCUT2D eigenvalue weighted by atomic mass is 33.1. The van der Waals surface area contributed by atoms with Crippen LogP contribution < -0.4 is 11.5 Å². The molecule has 2 unspecified atom stereocenters. The van der Waals surface area contributed by atoms with Crippen molar-refractivity contribution in [1.29, 1.82) is 0 Å². The van der Waals surface area contributed by atoms with Crippen LogP contribution in [0.5, 0.6) is 0 Å². The molecule has 0 spiro atoms. The molecule has 0 aromatic heterocycles. The molecule has 3 fully saturated rings. The van der Waals surface area contributed by atoms with Gasteiger partial charge in [0.1, 0.15) is 0 Å². The summed E-state index contributed by atoms with van der Waals surface area (Å²) in [4.78, 5) is 15.4. The molecule has 0 saturated heterocycles. The summed E-state index contributed by atoms with van der Waals surface area (Å²) in [6.07, 6.45) is 26.8. The van der Waals surface area contributed by atoms with Crippen molar-refractivity contribution >= 4 is 27.5 Å². The summed E-state index contributed by atoms with van der Waals surface area (Å²) in [5.41, 5.74) is 14.8. The molecular formula is C45H83N3OS2. The molecule has 3 saturated carbocycles. The first-order valence-electron chi connectivity index (χ1n) is 22.1. The van der Waals surface area contributed by atoms with Gasteiger partial charge in [-0.1, -0.05) is 113 Å². The highest BCUT2D eigenvalue weighted by Crippen LogP contribution is 2.67. The Bertz CT molecular complexity index is 1080. The van der Waals surface area contributed by atoms with Crippen molar-refractivity contribution in [2.45, 2.75) is 195 Å². The van der Waals surface area contributed by atoms with Crippen molar-refractivity contribution in [2.75, 3.05) is 18.8 Å². The third-order valence-electron chi connectivity index (χ3n) is 15.2. The first-order chi connectivity index (χ1) is 24.3. The summed E-state index contributed by atoms with van der Waals surface area (Å²) >= 11 is 0.